The molecule has 0 N–H and O–H groups in total. The van der Waals surface area contributed by atoms with E-state index in [1.165, 1.54) is 0 Å². The second-order valence-electron chi connectivity index (χ2n) is 2.87. The molecule has 0 amide bonds. The van der Waals surface area contributed by atoms with Gasteiger partial charge in [0.15, 0.2) is 0 Å². The standard InChI is InChI=1S/C6H12N2O/c1-5-3-8(2)4-6(5)7-9/h5-6H,3-4H2,1-2H3. The van der Waals surface area contributed by atoms with Crippen molar-refractivity contribution in [3.8, 4) is 0 Å². The Kier molecular flexibility index (Phi) is 1.81. The van der Waals surface area contributed by atoms with Crippen LogP contribution in [0.5, 0.6) is 0 Å². The number of rotatable bonds is 1. The quantitative estimate of drug-likeness (QED) is 0.487. The predicted molar refractivity (Wildman–Crippen MR) is 36.2 cm³/mol. The zero-order valence-electron chi connectivity index (χ0n) is 5.87. The third kappa shape index (κ3) is 1.27. The van der Waals surface area contributed by atoms with Crippen molar-refractivity contribution >= 4 is 0 Å². The first-order chi connectivity index (χ1) is 4.24. The predicted octanol–water partition coefficient (Wildman–Crippen LogP) is 0.703. The van der Waals surface area contributed by atoms with Gasteiger partial charge in [-0.15, -0.1) is 0 Å². The molecule has 2 unspecified atom stereocenters. The van der Waals surface area contributed by atoms with E-state index in [2.05, 4.69) is 17.0 Å². The zero-order valence-corrected chi connectivity index (χ0v) is 5.87. The van der Waals surface area contributed by atoms with Crippen molar-refractivity contribution in [2.75, 3.05) is 20.1 Å². The van der Waals surface area contributed by atoms with Crippen LogP contribution in [0.1, 0.15) is 6.92 Å². The van der Waals surface area contributed by atoms with Crippen molar-refractivity contribution in [3.05, 3.63) is 4.91 Å². The van der Waals surface area contributed by atoms with Gasteiger partial charge in [0.25, 0.3) is 0 Å². The Bertz CT molecular complexity index is 116. The molecular weight excluding hydrogens is 116 g/mol. The van der Waals surface area contributed by atoms with Crippen molar-refractivity contribution in [3.63, 3.8) is 0 Å². The molecule has 9 heavy (non-hydrogen) atoms. The third-order valence-electron chi connectivity index (χ3n) is 1.89. The van der Waals surface area contributed by atoms with Gasteiger partial charge in [-0.25, -0.2) is 0 Å². The van der Waals surface area contributed by atoms with E-state index in [9.17, 15) is 4.91 Å². The van der Waals surface area contributed by atoms with Gasteiger partial charge in [-0.3, -0.25) is 0 Å². The van der Waals surface area contributed by atoms with E-state index in [1.54, 1.807) is 0 Å². The van der Waals surface area contributed by atoms with E-state index in [1.807, 2.05) is 7.05 Å². The summed E-state index contributed by atoms with van der Waals surface area (Å²) in [5.74, 6) is 0.451. The van der Waals surface area contributed by atoms with Gasteiger partial charge in [-0.2, -0.15) is 4.91 Å². The Morgan fingerprint density at radius 3 is 2.44 bits per heavy atom. The van der Waals surface area contributed by atoms with E-state index < -0.39 is 0 Å². The first-order valence-corrected chi connectivity index (χ1v) is 3.25. The minimum Gasteiger partial charge on any atom is -0.304 e. The van der Waals surface area contributed by atoms with Crippen LogP contribution < -0.4 is 0 Å². The molecule has 0 radical (unpaired) electrons. The molecule has 3 nitrogen and oxygen atoms in total. The summed E-state index contributed by atoms with van der Waals surface area (Å²) < 4.78 is 0. The average molecular weight is 128 g/mol. The summed E-state index contributed by atoms with van der Waals surface area (Å²) in [6, 6.07) is 0.0370. The molecule has 1 heterocycles. The summed E-state index contributed by atoms with van der Waals surface area (Å²) in [7, 11) is 2.02. The fourth-order valence-electron chi connectivity index (χ4n) is 1.32. The Morgan fingerprint density at radius 2 is 2.22 bits per heavy atom. The molecule has 3 heteroatoms. The van der Waals surface area contributed by atoms with Crippen LogP contribution in [0.2, 0.25) is 0 Å². The maximum Gasteiger partial charge on any atom is 0.108 e. The number of likely N-dealkylation sites (N-methyl/N-ethyl adjacent to an activating group) is 1. The van der Waals surface area contributed by atoms with E-state index in [0.29, 0.717) is 5.92 Å². The Balaban J connectivity index is 2.47. The molecule has 0 aromatic rings. The van der Waals surface area contributed by atoms with Gasteiger partial charge in [0.05, 0.1) is 0 Å². The zero-order chi connectivity index (χ0) is 6.85. The number of hydrogen-bond donors (Lipinski definition) is 0. The minimum atomic E-state index is 0.0370. The first-order valence-electron chi connectivity index (χ1n) is 3.25. The highest BCUT2D eigenvalue weighted by Gasteiger charge is 2.27. The lowest BCUT2D eigenvalue weighted by Crippen LogP contribution is -2.15. The number of nitroso groups, excluding NO2 is 1. The molecule has 52 valence electrons. The Morgan fingerprint density at radius 1 is 1.56 bits per heavy atom. The number of nitrogens with zero attached hydrogens (tertiary/aromatic N) is 2. The van der Waals surface area contributed by atoms with Gasteiger partial charge in [0.1, 0.15) is 6.04 Å². The van der Waals surface area contributed by atoms with Crippen molar-refractivity contribution in [1.82, 2.24) is 4.90 Å². The molecule has 1 rings (SSSR count). The fourth-order valence-corrected chi connectivity index (χ4v) is 1.32. The molecule has 2 atom stereocenters. The largest absolute Gasteiger partial charge is 0.304 e. The van der Waals surface area contributed by atoms with E-state index >= 15 is 0 Å². The molecular formula is C6H12N2O. The average Bonchev–Trinajstić information content (AvgIpc) is 2.10. The molecule has 1 saturated heterocycles. The summed E-state index contributed by atoms with van der Waals surface area (Å²) in [6.45, 7) is 3.91. The Hall–Kier alpha value is -0.440. The van der Waals surface area contributed by atoms with E-state index in [-0.39, 0.29) is 6.04 Å². The fraction of sp³-hybridized carbons (Fsp3) is 1.00. The van der Waals surface area contributed by atoms with Crippen molar-refractivity contribution in [2.45, 2.75) is 13.0 Å². The first kappa shape index (κ1) is 6.68. The van der Waals surface area contributed by atoms with Crippen LogP contribution in [0.3, 0.4) is 0 Å². The molecule has 0 aromatic heterocycles. The highest BCUT2D eigenvalue weighted by atomic mass is 16.3. The van der Waals surface area contributed by atoms with Crippen LogP contribution in [0.25, 0.3) is 0 Å². The maximum atomic E-state index is 10.1. The van der Waals surface area contributed by atoms with Gasteiger partial charge < -0.3 is 4.90 Å². The molecule has 1 aliphatic rings. The summed E-state index contributed by atoms with van der Waals surface area (Å²) in [5.41, 5.74) is 0. The van der Waals surface area contributed by atoms with Crippen LogP contribution in [0, 0.1) is 10.8 Å². The second kappa shape index (κ2) is 2.43. The molecule has 0 aromatic carbocycles. The van der Waals surface area contributed by atoms with Crippen LogP contribution in [0.4, 0.5) is 0 Å². The van der Waals surface area contributed by atoms with E-state index in [4.69, 9.17) is 0 Å². The normalized spacial score (nSPS) is 37.1. The van der Waals surface area contributed by atoms with Crippen LogP contribution in [0.15, 0.2) is 5.18 Å². The number of likely N-dealkylation sites (tertiary alicyclic amines) is 1. The molecule has 0 spiro atoms. The smallest absolute Gasteiger partial charge is 0.108 e. The summed E-state index contributed by atoms with van der Waals surface area (Å²) in [5, 5.41) is 3.03. The van der Waals surface area contributed by atoms with Crippen LogP contribution in [-0.4, -0.2) is 31.1 Å². The monoisotopic (exact) mass is 128 g/mol. The lowest BCUT2D eigenvalue weighted by molar-refractivity contribution is 0.401. The topological polar surface area (TPSA) is 32.7 Å². The van der Waals surface area contributed by atoms with E-state index in [0.717, 1.165) is 13.1 Å². The number of hydrogen-bond acceptors (Lipinski definition) is 3. The third-order valence-corrected chi connectivity index (χ3v) is 1.89. The van der Waals surface area contributed by atoms with Crippen molar-refractivity contribution < 1.29 is 0 Å². The lowest BCUT2D eigenvalue weighted by Gasteiger charge is -2.02. The molecule has 0 saturated carbocycles. The van der Waals surface area contributed by atoms with Gasteiger partial charge in [-0.1, -0.05) is 12.1 Å². The van der Waals surface area contributed by atoms with Crippen molar-refractivity contribution in [1.29, 1.82) is 0 Å². The van der Waals surface area contributed by atoms with Gasteiger partial charge in [-0.05, 0) is 13.0 Å². The van der Waals surface area contributed by atoms with Crippen LogP contribution in [-0.2, 0) is 0 Å². The van der Waals surface area contributed by atoms with Crippen molar-refractivity contribution in [2.24, 2.45) is 11.1 Å². The maximum absolute atomic E-state index is 10.1. The lowest BCUT2D eigenvalue weighted by atomic mass is 10.1. The summed E-state index contributed by atoms with van der Waals surface area (Å²) in [6.07, 6.45) is 0. The minimum absolute atomic E-state index is 0.0370. The summed E-state index contributed by atoms with van der Waals surface area (Å²) >= 11 is 0. The highest BCUT2D eigenvalue weighted by Crippen LogP contribution is 2.16. The second-order valence-corrected chi connectivity index (χ2v) is 2.87. The highest BCUT2D eigenvalue weighted by molar-refractivity contribution is 4.84. The molecule has 1 aliphatic heterocycles. The SMILES string of the molecule is CC1CN(C)CC1N=O. The molecule has 0 aliphatic carbocycles. The van der Waals surface area contributed by atoms with Gasteiger partial charge >= 0.3 is 0 Å². The molecule has 0 bridgehead atoms. The van der Waals surface area contributed by atoms with Crippen LogP contribution >= 0.6 is 0 Å². The Labute approximate surface area is 55.0 Å². The molecule has 1 fully saturated rings. The van der Waals surface area contributed by atoms with Gasteiger partial charge in [0.2, 0.25) is 0 Å². The van der Waals surface area contributed by atoms with Gasteiger partial charge in [0, 0.05) is 13.1 Å². The summed E-state index contributed by atoms with van der Waals surface area (Å²) in [4.78, 5) is 12.2.